The standard InChI is InChI=1S/C16H12Br6O2/c1-5-11(19)9(13(21)7(3-17)15(5)23)10-12(20)6(2)16(24)8(4-18)14(10)22/h23-24H,3-4H2,1-2H3. The van der Waals surface area contributed by atoms with E-state index in [2.05, 4.69) is 95.6 Å². The normalized spacial score (nSPS) is 11.2. The Hall–Kier alpha value is 0.920. The first kappa shape index (κ1) is 21.2. The Morgan fingerprint density at radius 2 is 0.917 bits per heavy atom. The summed E-state index contributed by atoms with van der Waals surface area (Å²) >= 11 is 21.4. The van der Waals surface area contributed by atoms with Crippen molar-refractivity contribution >= 4 is 95.6 Å². The molecule has 0 bridgehead atoms. The van der Waals surface area contributed by atoms with Gasteiger partial charge in [-0.1, -0.05) is 31.9 Å². The van der Waals surface area contributed by atoms with Gasteiger partial charge in [-0.3, -0.25) is 0 Å². The van der Waals surface area contributed by atoms with Gasteiger partial charge in [-0.05, 0) is 77.6 Å². The van der Waals surface area contributed by atoms with Crippen LogP contribution in [-0.2, 0) is 10.7 Å². The molecule has 0 aliphatic heterocycles. The van der Waals surface area contributed by atoms with E-state index >= 15 is 0 Å². The molecule has 8 heteroatoms. The first-order valence-electron chi connectivity index (χ1n) is 6.69. The van der Waals surface area contributed by atoms with Gasteiger partial charge in [-0.25, -0.2) is 0 Å². The minimum Gasteiger partial charge on any atom is -0.507 e. The molecule has 0 saturated heterocycles. The molecule has 2 N–H and O–H groups in total. The van der Waals surface area contributed by atoms with Gasteiger partial charge in [-0.2, -0.15) is 0 Å². The smallest absolute Gasteiger partial charge is 0.124 e. The minimum absolute atomic E-state index is 0.248. The number of phenolic OH excluding ortho intramolecular Hbond substituents is 2. The molecule has 0 amide bonds. The number of phenols is 2. The molecule has 0 fully saturated rings. The zero-order chi connectivity index (χ0) is 18.3. The number of benzene rings is 2. The average Bonchev–Trinajstić information content (AvgIpc) is 2.55. The second kappa shape index (κ2) is 8.30. The molecule has 0 aliphatic rings. The van der Waals surface area contributed by atoms with E-state index in [4.69, 9.17) is 0 Å². The summed E-state index contributed by atoms with van der Waals surface area (Å²) in [5.41, 5.74) is 4.87. The van der Waals surface area contributed by atoms with Gasteiger partial charge in [0.2, 0.25) is 0 Å². The molecule has 0 spiro atoms. The van der Waals surface area contributed by atoms with Crippen molar-refractivity contribution in [2.24, 2.45) is 0 Å². The second-order valence-electron chi connectivity index (χ2n) is 5.18. The summed E-state index contributed by atoms with van der Waals surface area (Å²) in [6.07, 6.45) is 0. The van der Waals surface area contributed by atoms with E-state index in [9.17, 15) is 10.2 Å². The molecule has 2 aromatic rings. The monoisotopic (exact) mass is 710 g/mol. The molecule has 0 aromatic heterocycles. The van der Waals surface area contributed by atoms with Crippen LogP contribution >= 0.6 is 95.6 Å². The van der Waals surface area contributed by atoms with Gasteiger partial charge in [0.05, 0.1) is 0 Å². The fourth-order valence-electron chi connectivity index (χ4n) is 2.42. The lowest BCUT2D eigenvalue weighted by Gasteiger charge is -2.21. The van der Waals surface area contributed by atoms with Crippen molar-refractivity contribution in [2.45, 2.75) is 24.5 Å². The molecule has 0 atom stereocenters. The van der Waals surface area contributed by atoms with E-state index in [1.807, 2.05) is 13.8 Å². The maximum absolute atomic E-state index is 10.4. The summed E-state index contributed by atoms with van der Waals surface area (Å²) < 4.78 is 3.18. The fourth-order valence-corrected chi connectivity index (χ4v) is 7.41. The number of hydrogen-bond acceptors (Lipinski definition) is 2. The Kier molecular flexibility index (Phi) is 7.34. The largest absolute Gasteiger partial charge is 0.507 e. The van der Waals surface area contributed by atoms with Crippen molar-refractivity contribution in [3.63, 3.8) is 0 Å². The van der Waals surface area contributed by atoms with Crippen LogP contribution in [0, 0.1) is 13.8 Å². The molecule has 0 saturated carbocycles. The van der Waals surface area contributed by atoms with Crippen LogP contribution in [0.5, 0.6) is 11.5 Å². The molecule has 0 radical (unpaired) electrons. The van der Waals surface area contributed by atoms with Gasteiger partial charge >= 0.3 is 0 Å². The Balaban J connectivity index is 3.03. The van der Waals surface area contributed by atoms with E-state index in [-0.39, 0.29) is 11.5 Å². The molecule has 0 heterocycles. The van der Waals surface area contributed by atoms with Gasteiger partial charge in [0, 0.05) is 61.9 Å². The quantitative estimate of drug-likeness (QED) is 0.315. The summed E-state index contributed by atoms with van der Waals surface area (Å²) in [6.45, 7) is 3.73. The van der Waals surface area contributed by atoms with Crippen molar-refractivity contribution in [1.29, 1.82) is 0 Å². The number of halogens is 6. The average molecular weight is 716 g/mol. The molecule has 2 aromatic carbocycles. The summed E-state index contributed by atoms with van der Waals surface area (Å²) in [4.78, 5) is 0. The van der Waals surface area contributed by atoms with Gasteiger partial charge in [0.25, 0.3) is 0 Å². The SMILES string of the molecule is Cc1c(O)c(CBr)c(Br)c(-c2c(Br)c(C)c(O)c(CBr)c2Br)c1Br. The van der Waals surface area contributed by atoms with Crippen LogP contribution in [-0.4, -0.2) is 10.2 Å². The van der Waals surface area contributed by atoms with Crippen molar-refractivity contribution in [3.05, 3.63) is 40.1 Å². The highest BCUT2D eigenvalue weighted by Gasteiger charge is 2.26. The van der Waals surface area contributed by atoms with Crippen molar-refractivity contribution in [3.8, 4) is 22.6 Å². The highest BCUT2D eigenvalue weighted by atomic mass is 79.9. The first-order chi connectivity index (χ1) is 11.2. The zero-order valence-electron chi connectivity index (χ0n) is 12.6. The third-order valence-electron chi connectivity index (χ3n) is 3.87. The van der Waals surface area contributed by atoms with E-state index in [1.54, 1.807) is 0 Å². The molecule has 24 heavy (non-hydrogen) atoms. The van der Waals surface area contributed by atoms with E-state index in [0.29, 0.717) is 10.7 Å². The topological polar surface area (TPSA) is 40.5 Å². The Labute approximate surface area is 191 Å². The summed E-state index contributed by atoms with van der Waals surface area (Å²) in [5.74, 6) is 0.496. The molecule has 2 rings (SSSR count). The van der Waals surface area contributed by atoms with Crippen LogP contribution in [0.4, 0.5) is 0 Å². The number of aromatic hydroxyl groups is 2. The lowest BCUT2D eigenvalue weighted by atomic mass is 9.96. The van der Waals surface area contributed by atoms with Gasteiger partial charge in [0.15, 0.2) is 0 Å². The number of alkyl halides is 2. The van der Waals surface area contributed by atoms with E-state index in [0.717, 1.165) is 51.3 Å². The molecule has 0 unspecified atom stereocenters. The number of rotatable bonds is 3. The van der Waals surface area contributed by atoms with Crippen LogP contribution in [0.25, 0.3) is 11.1 Å². The third kappa shape index (κ3) is 3.40. The molecule has 130 valence electrons. The van der Waals surface area contributed by atoms with E-state index < -0.39 is 0 Å². The highest BCUT2D eigenvalue weighted by molar-refractivity contribution is 9.12. The molecular weight excluding hydrogens is 704 g/mol. The molecule has 0 aliphatic carbocycles. The van der Waals surface area contributed by atoms with Gasteiger partial charge in [-0.15, -0.1) is 0 Å². The Morgan fingerprint density at radius 3 is 1.17 bits per heavy atom. The maximum atomic E-state index is 10.4. The number of hydrogen-bond donors (Lipinski definition) is 2. The first-order valence-corrected chi connectivity index (χ1v) is 12.1. The van der Waals surface area contributed by atoms with E-state index in [1.165, 1.54) is 0 Å². The predicted molar refractivity (Wildman–Crippen MR) is 121 cm³/mol. The van der Waals surface area contributed by atoms with Crippen LogP contribution in [0.15, 0.2) is 17.9 Å². The lowest BCUT2D eigenvalue weighted by molar-refractivity contribution is 0.464. The zero-order valence-corrected chi connectivity index (χ0v) is 22.1. The maximum Gasteiger partial charge on any atom is 0.124 e. The highest BCUT2D eigenvalue weighted by Crippen LogP contribution is 2.52. The molecular formula is C16H12Br6O2. The lowest BCUT2D eigenvalue weighted by Crippen LogP contribution is -1.98. The summed E-state index contributed by atoms with van der Waals surface area (Å²) in [7, 11) is 0. The van der Waals surface area contributed by atoms with Crippen LogP contribution in [0.1, 0.15) is 22.3 Å². The van der Waals surface area contributed by atoms with Crippen molar-refractivity contribution in [2.75, 3.05) is 0 Å². The predicted octanol–water partition coefficient (Wildman–Crippen LogP) is 8.22. The van der Waals surface area contributed by atoms with Gasteiger partial charge < -0.3 is 10.2 Å². The molecule has 2 nitrogen and oxygen atoms in total. The van der Waals surface area contributed by atoms with Crippen molar-refractivity contribution < 1.29 is 10.2 Å². The summed E-state index contributed by atoms with van der Waals surface area (Å²) in [6, 6.07) is 0. The van der Waals surface area contributed by atoms with Crippen LogP contribution < -0.4 is 0 Å². The third-order valence-corrected chi connectivity index (χ3v) is 8.72. The van der Waals surface area contributed by atoms with Crippen molar-refractivity contribution in [1.82, 2.24) is 0 Å². The Bertz CT molecular complexity index is 763. The minimum atomic E-state index is 0.248. The van der Waals surface area contributed by atoms with Crippen LogP contribution in [0.3, 0.4) is 0 Å². The fraction of sp³-hybridized carbons (Fsp3) is 0.250. The van der Waals surface area contributed by atoms with Crippen LogP contribution in [0.2, 0.25) is 0 Å². The summed E-state index contributed by atoms with van der Waals surface area (Å²) in [5, 5.41) is 21.8. The van der Waals surface area contributed by atoms with Gasteiger partial charge in [0.1, 0.15) is 11.5 Å². The Morgan fingerprint density at radius 1 is 0.625 bits per heavy atom. The second-order valence-corrected chi connectivity index (χ2v) is 9.47.